The Morgan fingerprint density at radius 2 is 1.80 bits per heavy atom. The van der Waals surface area contributed by atoms with Crippen LogP contribution in [0.5, 0.6) is 0 Å². The Morgan fingerprint density at radius 1 is 1.00 bits per heavy atom. The fourth-order valence-electron chi connectivity index (χ4n) is 3.28. The molecule has 2 heterocycles. The van der Waals surface area contributed by atoms with E-state index in [1.165, 1.54) is 36.3 Å². The molecule has 1 aliphatic carbocycles. The molecule has 5 nitrogen and oxygen atoms in total. The summed E-state index contributed by atoms with van der Waals surface area (Å²) >= 11 is 0. The van der Waals surface area contributed by atoms with Gasteiger partial charge in [-0.2, -0.15) is 0 Å². The molecule has 2 aliphatic rings. The van der Waals surface area contributed by atoms with Crippen molar-refractivity contribution in [3.8, 4) is 0 Å². The predicted octanol–water partition coefficient (Wildman–Crippen LogP) is 0.860. The largest absolute Gasteiger partial charge is 0.395 e. The molecule has 1 aliphatic heterocycles. The first-order valence-corrected chi connectivity index (χ1v) is 7.79. The van der Waals surface area contributed by atoms with Crippen molar-refractivity contribution in [2.45, 2.75) is 32.1 Å². The number of aryl methyl sites for hydroxylation is 1. The number of hydrogen-bond donors (Lipinski definition) is 1. The molecule has 0 spiro atoms. The zero-order valence-electron chi connectivity index (χ0n) is 12.1. The second kappa shape index (κ2) is 6.50. The lowest BCUT2D eigenvalue weighted by molar-refractivity contribution is 0.188. The van der Waals surface area contributed by atoms with Gasteiger partial charge in [0.1, 0.15) is 12.1 Å². The molecule has 0 radical (unpaired) electrons. The van der Waals surface area contributed by atoms with Gasteiger partial charge in [0.2, 0.25) is 0 Å². The average molecular weight is 276 g/mol. The van der Waals surface area contributed by atoms with Gasteiger partial charge in [0, 0.05) is 44.0 Å². The minimum absolute atomic E-state index is 0.253. The fourth-order valence-corrected chi connectivity index (χ4v) is 3.28. The normalized spacial score (nSPS) is 20.6. The smallest absolute Gasteiger partial charge is 0.135 e. The first kappa shape index (κ1) is 13.8. The Labute approximate surface area is 120 Å². The molecule has 1 aromatic heterocycles. The van der Waals surface area contributed by atoms with E-state index in [4.69, 9.17) is 5.11 Å². The number of aliphatic hydroxyl groups excluding tert-OH is 1. The van der Waals surface area contributed by atoms with Crippen LogP contribution in [0.15, 0.2) is 6.33 Å². The van der Waals surface area contributed by atoms with Crippen molar-refractivity contribution in [2.75, 3.05) is 44.2 Å². The van der Waals surface area contributed by atoms with Crippen molar-refractivity contribution < 1.29 is 5.11 Å². The lowest BCUT2D eigenvalue weighted by Gasteiger charge is -2.36. The number of piperazine rings is 1. The van der Waals surface area contributed by atoms with E-state index in [1.54, 1.807) is 6.33 Å². The summed E-state index contributed by atoms with van der Waals surface area (Å²) in [6.45, 7) is 5.07. The highest BCUT2D eigenvalue weighted by Crippen LogP contribution is 2.27. The zero-order valence-corrected chi connectivity index (χ0v) is 12.1. The van der Waals surface area contributed by atoms with Gasteiger partial charge in [0.15, 0.2) is 0 Å². The number of rotatable bonds is 3. The third kappa shape index (κ3) is 2.94. The predicted molar refractivity (Wildman–Crippen MR) is 79.0 cm³/mol. The van der Waals surface area contributed by atoms with Crippen LogP contribution >= 0.6 is 0 Å². The summed E-state index contributed by atoms with van der Waals surface area (Å²) in [5, 5.41) is 9.01. The molecule has 0 atom stereocenters. The van der Waals surface area contributed by atoms with Crippen molar-refractivity contribution in [1.29, 1.82) is 0 Å². The van der Waals surface area contributed by atoms with Crippen LogP contribution in [-0.2, 0) is 12.8 Å². The lowest BCUT2D eigenvalue weighted by atomic mass is 10.1. The first-order chi connectivity index (χ1) is 9.88. The topological polar surface area (TPSA) is 52.5 Å². The van der Waals surface area contributed by atoms with Gasteiger partial charge >= 0.3 is 0 Å². The lowest BCUT2D eigenvalue weighted by Crippen LogP contribution is -2.47. The summed E-state index contributed by atoms with van der Waals surface area (Å²) in [6.07, 6.45) is 7.79. The summed E-state index contributed by atoms with van der Waals surface area (Å²) in [5.41, 5.74) is 2.66. The summed E-state index contributed by atoms with van der Waals surface area (Å²) < 4.78 is 0. The van der Waals surface area contributed by atoms with Crippen molar-refractivity contribution >= 4 is 5.82 Å². The minimum atomic E-state index is 0.253. The van der Waals surface area contributed by atoms with E-state index in [1.807, 2.05) is 0 Å². The van der Waals surface area contributed by atoms with Gasteiger partial charge in [0.05, 0.1) is 6.61 Å². The SMILES string of the molecule is OCCN1CCN(c2ncnc3c2CCCCC3)CC1. The maximum Gasteiger partial charge on any atom is 0.135 e. The minimum Gasteiger partial charge on any atom is -0.395 e. The third-order valence-electron chi connectivity index (χ3n) is 4.44. The first-order valence-electron chi connectivity index (χ1n) is 7.79. The van der Waals surface area contributed by atoms with E-state index < -0.39 is 0 Å². The van der Waals surface area contributed by atoms with Crippen molar-refractivity contribution in [3.05, 3.63) is 17.6 Å². The standard InChI is InChI=1S/C15H24N4O/c20-11-10-18-6-8-19(9-7-18)15-13-4-2-1-3-5-14(13)16-12-17-15/h12,20H,1-11H2. The van der Waals surface area contributed by atoms with Gasteiger partial charge in [-0.1, -0.05) is 6.42 Å². The van der Waals surface area contributed by atoms with Crippen LogP contribution in [0.3, 0.4) is 0 Å². The Hall–Kier alpha value is -1.20. The van der Waals surface area contributed by atoms with Crippen LogP contribution in [0.25, 0.3) is 0 Å². The molecular weight excluding hydrogens is 252 g/mol. The van der Waals surface area contributed by atoms with E-state index in [9.17, 15) is 0 Å². The van der Waals surface area contributed by atoms with E-state index in [-0.39, 0.29) is 6.61 Å². The van der Waals surface area contributed by atoms with E-state index in [2.05, 4.69) is 19.8 Å². The molecule has 0 aromatic carbocycles. The molecule has 0 saturated carbocycles. The van der Waals surface area contributed by atoms with Gasteiger partial charge < -0.3 is 10.0 Å². The van der Waals surface area contributed by atoms with Crippen LogP contribution in [-0.4, -0.2) is 59.3 Å². The zero-order chi connectivity index (χ0) is 13.8. The van der Waals surface area contributed by atoms with Crippen molar-refractivity contribution in [2.24, 2.45) is 0 Å². The maximum atomic E-state index is 9.01. The molecule has 1 fully saturated rings. The molecule has 1 aromatic rings. The highest BCUT2D eigenvalue weighted by Gasteiger charge is 2.22. The molecule has 1 N–H and O–H groups in total. The number of fused-ring (bicyclic) bond motifs is 1. The van der Waals surface area contributed by atoms with Crippen molar-refractivity contribution in [1.82, 2.24) is 14.9 Å². The monoisotopic (exact) mass is 276 g/mol. The van der Waals surface area contributed by atoms with Crippen LogP contribution in [0.2, 0.25) is 0 Å². The molecule has 110 valence electrons. The van der Waals surface area contributed by atoms with Gasteiger partial charge in [-0.05, 0) is 25.7 Å². The van der Waals surface area contributed by atoms with E-state index in [0.717, 1.165) is 45.6 Å². The highest BCUT2D eigenvalue weighted by molar-refractivity contribution is 5.49. The highest BCUT2D eigenvalue weighted by atomic mass is 16.3. The summed E-state index contributed by atoms with van der Waals surface area (Å²) in [7, 11) is 0. The number of hydrogen-bond acceptors (Lipinski definition) is 5. The Kier molecular flexibility index (Phi) is 4.47. The molecule has 20 heavy (non-hydrogen) atoms. The average Bonchev–Trinajstić information content (AvgIpc) is 2.73. The fraction of sp³-hybridized carbons (Fsp3) is 0.733. The third-order valence-corrected chi connectivity index (χ3v) is 4.44. The quantitative estimate of drug-likeness (QED) is 0.830. The van der Waals surface area contributed by atoms with Gasteiger partial charge in [-0.15, -0.1) is 0 Å². The van der Waals surface area contributed by atoms with Crippen LogP contribution < -0.4 is 4.90 Å². The van der Waals surface area contributed by atoms with Gasteiger partial charge in [0.25, 0.3) is 0 Å². The summed E-state index contributed by atoms with van der Waals surface area (Å²) in [4.78, 5) is 13.8. The Morgan fingerprint density at radius 3 is 2.60 bits per heavy atom. The van der Waals surface area contributed by atoms with Crippen molar-refractivity contribution in [3.63, 3.8) is 0 Å². The Bertz CT molecular complexity index is 443. The van der Waals surface area contributed by atoms with Gasteiger partial charge in [-0.25, -0.2) is 9.97 Å². The molecular formula is C15H24N4O. The number of anilines is 1. The molecule has 1 saturated heterocycles. The van der Waals surface area contributed by atoms with Crippen LogP contribution in [0.1, 0.15) is 30.5 Å². The maximum absolute atomic E-state index is 9.01. The van der Waals surface area contributed by atoms with Crippen LogP contribution in [0, 0.1) is 0 Å². The van der Waals surface area contributed by atoms with Crippen LogP contribution in [0.4, 0.5) is 5.82 Å². The number of β-amino-alcohol motifs (C(OH)–C–C–N with tert-alkyl or cyclic N) is 1. The molecule has 0 amide bonds. The Balaban J connectivity index is 1.74. The number of nitrogens with zero attached hydrogens (tertiary/aromatic N) is 4. The summed E-state index contributed by atoms with van der Waals surface area (Å²) in [5.74, 6) is 1.17. The second-order valence-electron chi connectivity index (χ2n) is 5.74. The molecule has 5 heteroatoms. The molecule has 3 rings (SSSR count). The van der Waals surface area contributed by atoms with E-state index >= 15 is 0 Å². The number of aromatic nitrogens is 2. The van der Waals surface area contributed by atoms with Gasteiger partial charge in [-0.3, -0.25) is 4.90 Å². The number of aliphatic hydroxyl groups is 1. The van der Waals surface area contributed by atoms with E-state index in [0.29, 0.717) is 0 Å². The molecule has 0 unspecified atom stereocenters. The second-order valence-corrected chi connectivity index (χ2v) is 5.74. The molecule has 0 bridgehead atoms. The summed E-state index contributed by atoms with van der Waals surface area (Å²) in [6, 6.07) is 0.